The molecule has 0 heterocycles. The summed E-state index contributed by atoms with van der Waals surface area (Å²) < 4.78 is 5.68. The zero-order chi connectivity index (χ0) is 35.2. The molecule has 11 nitrogen and oxygen atoms in total. The van der Waals surface area contributed by atoms with Gasteiger partial charge in [0.25, 0.3) is 0 Å². The Morgan fingerprint density at radius 1 is 0.872 bits per heavy atom. The monoisotopic (exact) mass is 661 g/mol. The molecule has 0 radical (unpaired) electrons. The molecule has 0 unspecified atom stereocenters. The van der Waals surface area contributed by atoms with Gasteiger partial charge in [0.15, 0.2) is 5.60 Å². The molecule has 264 valence electrons. The first-order valence-electron chi connectivity index (χ1n) is 16.9. The minimum absolute atomic E-state index is 0.152. The third-order valence-corrected chi connectivity index (χ3v) is 7.99. The summed E-state index contributed by atoms with van der Waals surface area (Å²) in [6.07, 6.45) is 12.3. The van der Waals surface area contributed by atoms with Gasteiger partial charge < -0.3 is 30.5 Å². The van der Waals surface area contributed by atoms with Crippen molar-refractivity contribution in [1.29, 1.82) is 0 Å². The number of carboxylic acids is 3. The van der Waals surface area contributed by atoms with Crippen LogP contribution >= 0.6 is 0 Å². The molecule has 0 aliphatic carbocycles. The highest BCUT2D eigenvalue weighted by atomic mass is 16.5. The molecule has 0 aliphatic heterocycles. The average Bonchev–Trinajstić information content (AvgIpc) is 2.99. The fourth-order valence-electron chi connectivity index (χ4n) is 5.07. The van der Waals surface area contributed by atoms with Crippen LogP contribution in [0.5, 0.6) is 5.75 Å². The quantitative estimate of drug-likeness (QED) is 0.0556. The number of carbonyl (C=O) groups is 5. The van der Waals surface area contributed by atoms with Gasteiger partial charge in [0, 0.05) is 19.3 Å². The van der Waals surface area contributed by atoms with E-state index in [0.717, 1.165) is 31.8 Å². The fraction of sp³-hybridized carbons (Fsp3) is 0.639. The number of ether oxygens (including phenoxy) is 1. The Hall–Kier alpha value is -3.73. The number of allylic oxidation sites excluding steroid dienone is 1. The van der Waals surface area contributed by atoms with Gasteiger partial charge in [-0.25, -0.2) is 9.59 Å². The molecule has 0 aliphatic rings. The van der Waals surface area contributed by atoms with Gasteiger partial charge in [-0.2, -0.15) is 0 Å². The van der Waals surface area contributed by atoms with Gasteiger partial charge in [0.2, 0.25) is 5.91 Å². The van der Waals surface area contributed by atoms with E-state index in [1.807, 2.05) is 0 Å². The van der Waals surface area contributed by atoms with Crippen molar-refractivity contribution in [1.82, 2.24) is 5.32 Å². The van der Waals surface area contributed by atoms with Crippen LogP contribution in [-0.2, 0) is 30.4 Å². The summed E-state index contributed by atoms with van der Waals surface area (Å²) in [5.74, 6) is -6.75. The normalized spacial score (nSPS) is 14.0. The number of unbranched alkanes of at least 4 members (excludes halogenated alkanes) is 8. The molecule has 0 bridgehead atoms. The number of nitrogens with one attached hydrogen (secondary N) is 1. The summed E-state index contributed by atoms with van der Waals surface area (Å²) >= 11 is 0. The minimum Gasteiger partial charge on any atom is -0.494 e. The SMILES string of the molecule is CCCCCCCCCC(=O)CCCCC=C[C@H](C(=O)N[C@@H](Cc1ccc(OCCC(C)C)cc1)C(=O)O)[C@@](O)(CC(=O)O)C(=O)O. The predicted octanol–water partition coefficient (Wildman–Crippen LogP) is 5.96. The molecule has 5 N–H and O–H groups in total. The number of carboxylic acid groups (broad SMARTS) is 3. The molecular weight excluding hydrogens is 606 g/mol. The molecule has 3 atom stereocenters. The highest BCUT2D eigenvalue weighted by Gasteiger charge is 2.49. The number of aliphatic hydroxyl groups is 1. The highest BCUT2D eigenvalue weighted by Crippen LogP contribution is 2.26. The third kappa shape index (κ3) is 17.1. The van der Waals surface area contributed by atoms with E-state index < -0.39 is 47.8 Å². The van der Waals surface area contributed by atoms with Crippen LogP contribution in [0.3, 0.4) is 0 Å². The van der Waals surface area contributed by atoms with E-state index in [0.29, 0.717) is 55.9 Å². The van der Waals surface area contributed by atoms with Gasteiger partial charge in [-0.15, -0.1) is 0 Å². The van der Waals surface area contributed by atoms with Crippen molar-refractivity contribution in [2.24, 2.45) is 11.8 Å². The van der Waals surface area contributed by atoms with E-state index in [1.54, 1.807) is 24.3 Å². The van der Waals surface area contributed by atoms with Crippen LogP contribution in [0, 0.1) is 11.8 Å². The molecule has 0 aromatic heterocycles. The van der Waals surface area contributed by atoms with Crippen molar-refractivity contribution in [3.8, 4) is 5.75 Å². The molecule has 1 amide bonds. The van der Waals surface area contributed by atoms with E-state index in [1.165, 1.54) is 31.8 Å². The molecule has 1 aromatic carbocycles. The second kappa shape index (κ2) is 22.7. The number of ketones is 1. The predicted molar refractivity (Wildman–Crippen MR) is 178 cm³/mol. The zero-order valence-electron chi connectivity index (χ0n) is 28.2. The average molecular weight is 662 g/mol. The summed E-state index contributed by atoms with van der Waals surface area (Å²) in [4.78, 5) is 61.1. The Bertz CT molecular complexity index is 1150. The first-order valence-corrected chi connectivity index (χ1v) is 16.9. The van der Waals surface area contributed by atoms with Crippen molar-refractivity contribution >= 4 is 29.6 Å². The lowest BCUT2D eigenvalue weighted by Gasteiger charge is -2.29. The van der Waals surface area contributed by atoms with Gasteiger partial charge in [0.1, 0.15) is 17.6 Å². The van der Waals surface area contributed by atoms with Gasteiger partial charge >= 0.3 is 17.9 Å². The van der Waals surface area contributed by atoms with Crippen LogP contribution in [0.15, 0.2) is 36.4 Å². The molecule has 11 heteroatoms. The zero-order valence-corrected chi connectivity index (χ0v) is 28.2. The number of amides is 1. The second-order valence-corrected chi connectivity index (χ2v) is 12.6. The highest BCUT2D eigenvalue weighted by molar-refractivity contribution is 5.94. The van der Waals surface area contributed by atoms with Gasteiger partial charge in [-0.05, 0) is 55.7 Å². The molecule has 1 aromatic rings. The van der Waals surface area contributed by atoms with Crippen molar-refractivity contribution in [2.45, 2.75) is 129 Å². The smallest absolute Gasteiger partial charge is 0.337 e. The lowest BCUT2D eigenvalue weighted by molar-refractivity contribution is -0.172. The number of carbonyl (C=O) groups excluding carboxylic acids is 2. The number of benzene rings is 1. The lowest BCUT2D eigenvalue weighted by Crippen LogP contribution is -2.55. The standard InChI is InChI=1S/C36H55NO10/c1-4-5-6-7-8-9-12-15-28(38)16-13-10-11-14-17-30(36(46,35(44)45)25-32(39)40)33(41)37-31(34(42)43)24-27-18-20-29(21-19-27)47-23-22-26(2)3/h14,17-21,26,30-31,46H,4-13,15-16,22-25H2,1-3H3,(H,37,41)(H,39,40)(H,42,43)(H,44,45)/t30-,31+,36+/m1/s1. The summed E-state index contributed by atoms with van der Waals surface area (Å²) in [7, 11) is 0. The molecular formula is C36H55NO10. The van der Waals surface area contributed by atoms with E-state index in [2.05, 4.69) is 26.1 Å². The summed E-state index contributed by atoms with van der Waals surface area (Å²) in [6.45, 7) is 6.86. The van der Waals surface area contributed by atoms with E-state index in [-0.39, 0.29) is 12.2 Å². The Morgan fingerprint density at radius 2 is 1.47 bits per heavy atom. The Balaban J connectivity index is 2.84. The Morgan fingerprint density at radius 3 is 2.02 bits per heavy atom. The van der Waals surface area contributed by atoms with Crippen LogP contribution < -0.4 is 10.1 Å². The van der Waals surface area contributed by atoms with Gasteiger partial charge in [-0.1, -0.05) is 83.6 Å². The summed E-state index contributed by atoms with van der Waals surface area (Å²) in [5, 5.41) is 42.1. The maximum Gasteiger partial charge on any atom is 0.337 e. The first-order chi connectivity index (χ1) is 22.3. The third-order valence-electron chi connectivity index (χ3n) is 7.99. The van der Waals surface area contributed by atoms with Gasteiger partial charge in [0.05, 0.1) is 18.9 Å². The minimum atomic E-state index is -3.03. The topological polar surface area (TPSA) is 188 Å². The first kappa shape index (κ1) is 41.3. The number of hydrogen-bond acceptors (Lipinski definition) is 7. The van der Waals surface area contributed by atoms with Gasteiger partial charge in [-0.3, -0.25) is 14.4 Å². The number of hydrogen-bond donors (Lipinski definition) is 5. The van der Waals surface area contributed by atoms with Crippen LogP contribution in [0.25, 0.3) is 0 Å². The van der Waals surface area contributed by atoms with Crippen LogP contribution in [0.4, 0.5) is 0 Å². The molecule has 47 heavy (non-hydrogen) atoms. The lowest BCUT2D eigenvalue weighted by atomic mass is 9.82. The van der Waals surface area contributed by atoms with Crippen molar-refractivity contribution in [3.63, 3.8) is 0 Å². The molecule has 1 rings (SSSR count). The summed E-state index contributed by atoms with van der Waals surface area (Å²) in [6, 6.07) is 5.18. The molecule has 0 saturated carbocycles. The van der Waals surface area contributed by atoms with Crippen LogP contribution in [0.1, 0.15) is 116 Å². The van der Waals surface area contributed by atoms with E-state index >= 15 is 0 Å². The maximum absolute atomic E-state index is 13.3. The van der Waals surface area contributed by atoms with E-state index in [4.69, 9.17) is 4.74 Å². The molecule has 0 fully saturated rings. The number of rotatable bonds is 27. The van der Waals surface area contributed by atoms with Crippen LogP contribution in [-0.4, -0.2) is 68.3 Å². The van der Waals surface area contributed by atoms with Crippen molar-refractivity contribution in [2.75, 3.05) is 6.61 Å². The van der Waals surface area contributed by atoms with Crippen molar-refractivity contribution < 1.29 is 49.1 Å². The second-order valence-electron chi connectivity index (χ2n) is 12.6. The molecule has 0 spiro atoms. The maximum atomic E-state index is 13.3. The van der Waals surface area contributed by atoms with E-state index in [9.17, 15) is 44.4 Å². The number of Topliss-reactive ketones (excluding diaryl/α,β-unsaturated/α-hetero) is 1. The summed E-state index contributed by atoms with van der Waals surface area (Å²) in [5.41, 5.74) is -2.47. The fourth-order valence-corrected chi connectivity index (χ4v) is 5.07. The number of aliphatic carboxylic acids is 3. The Kier molecular flexibility index (Phi) is 20.0. The largest absolute Gasteiger partial charge is 0.494 e. The van der Waals surface area contributed by atoms with Crippen LogP contribution in [0.2, 0.25) is 0 Å². The Labute approximate surface area is 278 Å². The van der Waals surface area contributed by atoms with Crippen molar-refractivity contribution in [3.05, 3.63) is 42.0 Å². The molecule has 0 saturated heterocycles.